The number of aromatic nitrogens is 2. The van der Waals surface area contributed by atoms with Gasteiger partial charge in [-0.1, -0.05) is 6.92 Å². The van der Waals surface area contributed by atoms with Crippen LogP contribution in [0.15, 0.2) is 17.1 Å². The zero-order chi connectivity index (χ0) is 13.5. The standard InChI is InChI=1S/C10H13F2N3O3/c1-2-5-7(16)10(11,12)8(18-5)15-4-3-6(13)14-9(15)17/h3-5,7-8,16H,2H2,1H3,(H2,13,14,17)/t5-,7-,8-/m1/s1. The van der Waals surface area contributed by atoms with Crippen molar-refractivity contribution in [3.05, 3.63) is 22.7 Å². The van der Waals surface area contributed by atoms with Gasteiger partial charge in [0.25, 0.3) is 0 Å². The molecule has 100 valence electrons. The van der Waals surface area contributed by atoms with Gasteiger partial charge in [0.15, 0.2) is 0 Å². The van der Waals surface area contributed by atoms with Crippen molar-refractivity contribution in [2.24, 2.45) is 0 Å². The molecule has 18 heavy (non-hydrogen) atoms. The Balaban J connectivity index is 2.42. The maximum absolute atomic E-state index is 13.8. The normalized spacial score (nSPS) is 30.6. The molecule has 0 bridgehead atoms. The van der Waals surface area contributed by atoms with Crippen LogP contribution in [0.3, 0.4) is 0 Å². The van der Waals surface area contributed by atoms with Gasteiger partial charge in [-0.05, 0) is 12.5 Å². The molecule has 0 unspecified atom stereocenters. The van der Waals surface area contributed by atoms with Crippen molar-refractivity contribution in [2.45, 2.75) is 37.7 Å². The van der Waals surface area contributed by atoms with Crippen molar-refractivity contribution in [2.75, 3.05) is 5.73 Å². The number of nitrogens with zero attached hydrogens (tertiary/aromatic N) is 2. The van der Waals surface area contributed by atoms with Gasteiger partial charge in [0.05, 0.1) is 6.10 Å². The van der Waals surface area contributed by atoms with Gasteiger partial charge in [0.2, 0.25) is 6.23 Å². The number of hydrogen-bond acceptors (Lipinski definition) is 5. The number of halogens is 2. The SMILES string of the molecule is CC[C@H]1O[C@@H](n2ccc(N)nc2=O)C(F)(F)[C@@H]1O. The summed E-state index contributed by atoms with van der Waals surface area (Å²) in [7, 11) is 0. The Morgan fingerprint density at radius 3 is 2.83 bits per heavy atom. The first-order chi connectivity index (χ1) is 8.37. The number of hydrogen-bond donors (Lipinski definition) is 2. The molecule has 0 aromatic carbocycles. The molecule has 6 nitrogen and oxygen atoms in total. The predicted octanol–water partition coefficient (Wildman–Crippen LogP) is 0.129. The van der Waals surface area contributed by atoms with Gasteiger partial charge in [-0.2, -0.15) is 13.8 Å². The number of aliphatic hydroxyl groups is 1. The van der Waals surface area contributed by atoms with Crippen LogP contribution in [0.4, 0.5) is 14.6 Å². The first-order valence-corrected chi connectivity index (χ1v) is 5.44. The van der Waals surface area contributed by atoms with Crippen LogP contribution in [0.1, 0.15) is 19.6 Å². The van der Waals surface area contributed by atoms with E-state index in [0.29, 0.717) is 4.57 Å². The molecule has 0 saturated carbocycles. The van der Waals surface area contributed by atoms with E-state index in [4.69, 9.17) is 10.5 Å². The molecule has 1 aliphatic rings. The zero-order valence-corrected chi connectivity index (χ0v) is 9.59. The summed E-state index contributed by atoms with van der Waals surface area (Å²) in [4.78, 5) is 14.8. The lowest BCUT2D eigenvalue weighted by Gasteiger charge is -2.20. The topological polar surface area (TPSA) is 90.4 Å². The molecule has 3 N–H and O–H groups in total. The van der Waals surface area contributed by atoms with E-state index in [0.717, 1.165) is 6.20 Å². The van der Waals surface area contributed by atoms with E-state index in [2.05, 4.69) is 4.98 Å². The molecule has 1 aromatic heterocycles. The van der Waals surface area contributed by atoms with E-state index < -0.39 is 30.0 Å². The van der Waals surface area contributed by atoms with Crippen LogP contribution in [0.2, 0.25) is 0 Å². The maximum atomic E-state index is 13.8. The Bertz CT molecular complexity index is 505. The van der Waals surface area contributed by atoms with Crippen molar-refractivity contribution in [1.82, 2.24) is 9.55 Å². The lowest BCUT2D eigenvalue weighted by Crippen LogP contribution is -2.41. The van der Waals surface area contributed by atoms with Crippen LogP contribution in [0.25, 0.3) is 0 Å². The molecule has 2 heterocycles. The van der Waals surface area contributed by atoms with Gasteiger partial charge in [0, 0.05) is 6.20 Å². The molecule has 0 amide bonds. The fraction of sp³-hybridized carbons (Fsp3) is 0.600. The summed E-state index contributed by atoms with van der Waals surface area (Å²) in [6, 6.07) is 1.21. The minimum Gasteiger partial charge on any atom is -0.384 e. The van der Waals surface area contributed by atoms with Crippen LogP contribution in [0.5, 0.6) is 0 Å². The number of rotatable bonds is 2. The van der Waals surface area contributed by atoms with E-state index in [1.165, 1.54) is 6.07 Å². The summed E-state index contributed by atoms with van der Waals surface area (Å²) in [5, 5.41) is 9.46. The maximum Gasteiger partial charge on any atom is 0.351 e. The minimum absolute atomic E-state index is 0.0647. The fourth-order valence-corrected chi connectivity index (χ4v) is 1.90. The van der Waals surface area contributed by atoms with E-state index in [1.807, 2.05) is 0 Å². The summed E-state index contributed by atoms with van der Waals surface area (Å²) < 4.78 is 33.3. The third-order valence-corrected chi connectivity index (χ3v) is 2.89. The molecule has 1 saturated heterocycles. The quantitative estimate of drug-likeness (QED) is 0.789. The van der Waals surface area contributed by atoms with Gasteiger partial charge < -0.3 is 15.6 Å². The van der Waals surface area contributed by atoms with Gasteiger partial charge in [-0.25, -0.2) is 4.79 Å². The third-order valence-electron chi connectivity index (χ3n) is 2.89. The number of ether oxygens (including phenoxy) is 1. The molecule has 0 radical (unpaired) electrons. The van der Waals surface area contributed by atoms with Crippen molar-refractivity contribution >= 4 is 5.82 Å². The highest BCUT2D eigenvalue weighted by Gasteiger charge is 2.59. The first kappa shape index (κ1) is 12.9. The number of nitrogens with two attached hydrogens (primary N) is 1. The van der Waals surface area contributed by atoms with Gasteiger partial charge in [-0.3, -0.25) is 4.57 Å². The van der Waals surface area contributed by atoms with E-state index >= 15 is 0 Å². The van der Waals surface area contributed by atoms with Gasteiger partial charge in [-0.15, -0.1) is 0 Å². The number of nitrogen functional groups attached to an aromatic ring is 1. The second-order valence-corrected chi connectivity index (χ2v) is 4.10. The minimum atomic E-state index is -3.55. The summed E-state index contributed by atoms with van der Waals surface area (Å²) in [6.07, 6.45) is -3.54. The van der Waals surface area contributed by atoms with E-state index in [9.17, 15) is 18.7 Å². The fourth-order valence-electron chi connectivity index (χ4n) is 1.90. The first-order valence-electron chi connectivity index (χ1n) is 5.44. The van der Waals surface area contributed by atoms with Crippen molar-refractivity contribution in [1.29, 1.82) is 0 Å². The molecular formula is C10H13F2N3O3. The van der Waals surface area contributed by atoms with Crippen LogP contribution in [-0.4, -0.2) is 32.8 Å². The zero-order valence-electron chi connectivity index (χ0n) is 9.59. The van der Waals surface area contributed by atoms with Gasteiger partial charge >= 0.3 is 11.6 Å². The van der Waals surface area contributed by atoms with Crippen molar-refractivity contribution in [3.8, 4) is 0 Å². The molecule has 3 atom stereocenters. The highest BCUT2D eigenvalue weighted by Crippen LogP contribution is 2.42. The molecule has 1 aliphatic heterocycles. The summed E-state index contributed by atoms with van der Waals surface area (Å²) in [5.41, 5.74) is 4.33. The average Bonchev–Trinajstić information content (AvgIpc) is 2.52. The Kier molecular flexibility index (Phi) is 3.07. The average molecular weight is 261 g/mol. The monoisotopic (exact) mass is 261 g/mol. The van der Waals surface area contributed by atoms with E-state index in [1.54, 1.807) is 6.92 Å². The van der Waals surface area contributed by atoms with Crippen LogP contribution >= 0.6 is 0 Å². The predicted molar refractivity (Wildman–Crippen MR) is 58.1 cm³/mol. The molecule has 0 spiro atoms. The molecule has 0 aliphatic carbocycles. The Labute approximate surface area is 101 Å². The molecule has 2 rings (SSSR count). The molecule has 1 fully saturated rings. The smallest absolute Gasteiger partial charge is 0.351 e. The summed E-state index contributed by atoms with van der Waals surface area (Å²) >= 11 is 0. The van der Waals surface area contributed by atoms with Crippen LogP contribution in [-0.2, 0) is 4.74 Å². The summed E-state index contributed by atoms with van der Waals surface area (Å²) in [5.74, 6) is -3.62. The van der Waals surface area contributed by atoms with Crippen molar-refractivity contribution < 1.29 is 18.6 Å². The summed E-state index contributed by atoms with van der Waals surface area (Å²) in [6.45, 7) is 1.61. The second-order valence-electron chi connectivity index (χ2n) is 4.10. The third kappa shape index (κ3) is 1.87. The van der Waals surface area contributed by atoms with Gasteiger partial charge in [0.1, 0.15) is 11.9 Å². The lowest BCUT2D eigenvalue weighted by molar-refractivity contribution is -0.140. The lowest BCUT2D eigenvalue weighted by atomic mass is 10.1. The van der Waals surface area contributed by atoms with Crippen molar-refractivity contribution in [3.63, 3.8) is 0 Å². The number of aliphatic hydroxyl groups excluding tert-OH is 1. The molecule has 1 aromatic rings. The molecule has 8 heteroatoms. The van der Waals surface area contributed by atoms with Crippen LogP contribution < -0.4 is 11.4 Å². The second kappa shape index (κ2) is 4.29. The number of alkyl halides is 2. The number of anilines is 1. The Hall–Kier alpha value is -1.54. The van der Waals surface area contributed by atoms with E-state index in [-0.39, 0.29) is 12.2 Å². The van der Waals surface area contributed by atoms with Crippen LogP contribution in [0, 0.1) is 0 Å². The highest BCUT2D eigenvalue weighted by atomic mass is 19.3. The highest BCUT2D eigenvalue weighted by molar-refractivity contribution is 5.23. The Morgan fingerprint density at radius 2 is 2.33 bits per heavy atom. The largest absolute Gasteiger partial charge is 0.384 e. The molecular weight excluding hydrogens is 248 g/mol. The Morgan fingerprint density at radius 1 is 1.67 bits per heavy atom.